The van der Waals surface area contributed by atoms with E-state index in [1.54, 1.807) is 41.3 Å². The molecule has 1 atom stereocenters. The van der Waals surface area contributed by atoms with Gasteiger partial charge in [-0.05, 0) is 36.8 Å². The molecule has 148 valence electrons. The van der Waals surface area contributed by atoms with Crippen LogP contribution in [0.15, 0.2) is 52.4 Å². The Kier molecular flexibility index (Phi) is 6.20. The Labute approximate surface area is 167 Å². The highest BCUT2D eigenvalue weighted by Crippen LogP contribution is 2.31. The first-order chi connectivity index (χ1) is 13.5. The molecule has 0 spiro atoms. The van der Waals surface area contributed by atoms with Crippen molar-refractivity contribution in [2.45, 2.75) is 12.6 Å². The standard InChI is InChI=1S/C19H21ClFN5O2/c1-27-15-5-2-4-14(16(15)21)17-24-18(22)25-19(23)26(17)10-3-11-28-13-8-6-12(20)7-9-13/h2,4-9,17H,3,10-11H2,1H3,(H4,22,23,24,25). The number of methoxy groups -OCH3 is 1. The number of ether oxygens (including phenoxy) is 2. The number of hydrogen-bond donors (Lipinski definition) is 2. The molecule has 0 aromatic heterocycles. The van der Waals surface area contributed by atoms with Gasteiger partial charge in [0.05, 0.1) is 13.7 Å². The summed E-state index contributed by atoms with van der Waals surface area (Å²) >= 11 is 5.86. The minimum Gasteiger partial charge on any atom is -0.494 e. The molecule has 28 heavy (non-hydrogen) atoms. The third-order valence-electron chi connectivity index (χ3n) is 4.19. The number of guanidine groups is 2. The van der Waals surface area contributed by atoms with Crippen molar-refractivity contribution in [3.63, 3.8) is 0 Å². The fraction of sp³-hybridized carbons (Fsp3) is 0.263. The van der Waals surface area contributed by atoms with Gasteiger partial charge in [0.15, 0.2) is 17.7 Å². The molecule has 0 saturated carbocycles. The quantitative estimate of drug-likeness (QED) is 0.690. The molecule has 2 aromatic rings. The fourth-order valence-electron chi connectivity index (χ4n) is 2.85. The van der Waals surface area contributed by atoms with Crippen molar-refractivity contribution in [3.8, 4) is 11.5 Å². The Bertz CT molecular complexity index is 888. The van der Waals surface area contributed by atoms with Crippen molar-refractivity contribution in [2.24, 2.45) is 21.5 Å². The van der Waals surface area contributed by atoms with E-state index in [1.807, 2.05) is 0 Å². The fourth-order valence-corrected chi connectivity index (χ4v) is 2.97. The maximum Gasteiger partial charge on any atom is 0.220 e. The van der Waals surface area contributed by atoms with Crippen LogP contribution in [-0.2, 0) is 0 Å². The van der Waals surface area contributed by atoms with E-state index in [2.05, 4.69) is 9.98 Å². The Morgan fingerprint density at radius 3 is 2.64 bits per heavy atom. The molecule has 0 bridgehead atoms. The minimum absolute atomic E-state index is 0.00150. The SMILES string of the molecule is COc1cccc(C2N=C(N)N=C(N)N2CCCOc2ccc(Cl)cc2)c1F. The van der Waals surface area contributed by atoms with Gasteiger partial charge in [-0.1, -0.05) is 23.7 Å². The summed E-state index contributed by atoms with van der Waals surface area (Å²) in [5.41, 5.74) is 12.1. The van der Waals surface area contributed by atoms with Crippen LogP contribution in [0.25, 0.3) is 0 Å². The van der Waals surface area contributed by atoms with E-state index < -0.39 is 12.0 Å². The number of aliphatic imine (C=N–C) groups is 2. The zero-order valence-electron chi connectivity index (χ0n) is 15.3. The molecule has 1 aliphatic heterocycles. The first-order valence-corrected chi connectivity index (χ1v) is 9.02. The molecular formula is C19H21ClFN5O2. The molecule has 1 unspecified atom stereocenters. The molecule has 1 aliphatic rings. The maximum absolute atomic E-state index is 14.7. The summed E-state index contributed by atoms with van der Waals surface area (Å²) in [5.74, 6) is 0.494. The third-order valence-corrected chi connectivity index (χ3v) is 4.44. The molecule has 9 heteroatoms. The molecule has 3 rings (SSSR count). The average Bonchev–Trinajstić information content (AvgIpc) is 2.68. The summed E-state index contributed by atoms with van der Waals surface area (Å²) in [6, 6.07) is 11.9. The summed E-state index contributed by atoms with van der Waals surface area (Å²) in [6.45, 7) is 0.874. The zero-order chi connectivity index (χ0) is 20.1. The molecular weight excluding hydrogens is 385 g/mol. The van der Waals surface area contributed by atoms with Crippen LogP contribution in [0.4, 0.5) is 4.39 Å². The third kappa shape index (κ3) is 4.45. The normalized spacial score (nSPS) is 16.4. The van der Waals surface area contributed by atoms with Gasteiger partial charge in [-0.25, -0.2) is 9.38 Å². The summed E-state index contributed by atoms with van der Waals surface area (Å²) in [4.78, 5) is 9.95. The Balaban J connectivity index is 1.70. The minimum atomic E-state index is -0.733. The average molecular weight is 406 g/mol. The first-order valence-electron chi connectivity index (χ1n) is 8.64. The lowest BCUT2D eigenvalue weighted by Crippen LogP contribution is -2.45. The van der Waals surface area contributed by atoms with Crippen LogP contribution in [0.2, 0.25) is 5.02 Å². The van der Waals surface area contributed by atoms with E-state index in [-0.39, 0.29) is 17.7 Å². The monoisotopic (exact) mass is 405 g/mol. The summed E-state index contributed by atoms with van der Waals surface area (Å²) in [6.07, 6.45) is -0.126. The molecule has 2 aromatic carbocycles. The highest BCUT2D eigenvalue weighted by Gasteiger charge is 2.29. The first kappa shape index (κ1) is 19.8. The van der Waals surface area contributed by atoms with Crippen LogP contribution in [0.3, 0.4) is 0 Å². The predicted octanol–water partition coefficient (Wildman–Crippen LogP) is 2.90. The van der Waals surface area contributed by atoms with Crippen LogP contribution in [0.1, 0.15) is 18.2 Å². The maximum atomic E-state index is 14.7. The highest BCUT2D eigenvalue weighted by molar-refractivity contribution is 6.30. The van der Waals surface area contributed by atoms with E-state index in [0.29, 0.717) is 35.9 Å². The van der Waals surface area contributed by atoms with Crippen LogP contribution >= 0.6 is 11.6 Å². The van der Waals surface area contributed by atoms with Crippen LogP contribution < -0.4 is 20.9 Å². The molecule has 0 saturated heterocycles. The molecule has 0 radical (unpaired) electrons. The van der Waals surface area contributed by atoms with Crippen LogP contribution in [-0.4, -0.2) is 37.1 Å². The van der Waals surface area contributed by atoms with Crippen LogP contribution in [0, 0.1) is 5.82 Å². The Morgan fingerprint density at radius 1 is 1.18 bits per heavy atom. The number of rotatable bonds is 7. The lowest BCUT2D eigenvalue weighted by molar-refractivity contribution is 0.254. The highest BCUT2D eigenvalue weighted by atomic mass is 35.5. The largest absolute Gasteiger partial charge is 0.494 e. The van der Waals surface area contributed by atoms with Gasteiger partial charge in [0.1, 0.15) is 5.75 Å². The van der Waals surface area contributed by atoms with Gasteiger partial charge in [0.25, 0.3) is 0 Å². The van der Waals surface area contributed by atoms with Gasteiger partial charge >= 0.3 is 0 Å². The van der Waals surface area contributed by atoms with Gasteiger partial charge in [-0.3, -0.25) is 0 Å². The van der Waals surface area contributed by atoms with Crippen molar-refractivity contribution in [1.82, 2.24) is 4.90 Å². The van der Waals surface area contributed by atoms with E-state index >= 15 is 0 Å². The zero-order valence-corrected chi connectivity index (χ0v) is 16.1. The van der Waals surface area contributed by atoms with E-state index in [9.17, 15) is 4.39 Å². The summed E-state index contributed by atoms with van der Waals surface area (Å²) in [7, 11) is 1.41. The predicted molar refractivity (Wildman–Crippen MR) is 107 cm³/mol. The van der Waals surface area contributed by atoms with Gasteiger partial charge in [0.2, 0.25) is 11.9 Å². The lowest BCUT2D eigenvalue weighted by Gasteiger charge is -2.33. The second kappa shape index (κ2) is 8.79. The van der Waals surface area contributed by atoms with E-state index in [4.69, 9.17) is 32.5 Å². The number of benzene rings is 2. The Hall–Kier alpha value is -3.00. The molecule has 0 fully saturated rings. The molecule has 7 nitrogen and oxygen atoms in total. The van der Waals surface area contributed by atoms with Crippen molar-refractivity contribution in [1.29, 1.82) is 0 Å². The summed E-state index contributed by atoms with van der Waals surface area (Å²) < 4.78 is 25.5. The van der Waals surface area contributed by atoms with Gasteiger partial charge in [0, 0.05) is 17.1 Å². The summed E-state index contributed by atoms with van der Waals surface area (Å²) in [5, 5.41) is 0.642. The van der Waals surface area contributed by atoms with Gasteiger partial charge in [-0.2, -0.15) is 4.99 Å². The van der Waals surface area contributed by atoms with Crippen molar-refractivity contribution in [3.05, 3.63) is 58.9 Å². The van der Waals surface area contributed by atoms with E-state index in [0.717, 1.165) is 0 Å². The molecule has 0 amide bonds. The number of halogens is 2. The van der Waals surface area contributed by atoms with Crippen molar-refractivity contribution >= 4 is 23.5 Å². The second-order valence-corrected chi connectivity index (χ2v) is 6.48. The number of nitrogens with two attached hydrogens (primary N) is 2. The van der Waals surface area contributed by atoms with E-state index in [1.165, 1.54) is 13.2 Å². The molecule has 4 N–H and O–H groups in total. The van der Waals surface area contributed by atoms with Gasteiger partial charge in [-0.15, -0.1) is 0 Å². The Morgan fingerprint density at radius 2 is 1.93 bits per heavy atom. The van der Waals surface area contributed by atoms with Crippen LogP contribution in [0.5, 0.6) is 11.5 Å². The lowest BCUT2D eigenvalue weighted by atomic mass is 10.1. The van der Waals surface area contributed by atoms with Crippen molar-refractivity contribution in [2.75, 3.05) is 20.3 Å². The number of hydrogen-bond acceptors (Lipinski definition) is 7. The topological polar surface area (TPSA) is 98.5 Å². The van der Waals surface area contributed by atoms with Crippen molar-refractivity contribution < 1.29 is 13.9 Å². The smallest absolute Gasteiger partial charge is 0.220 e. The number of nitrogens with zero attached hydrogens (tertiary/aromatic N) is 3. The molecule has 1 heterocycles. The second-order valence-electron chi connectivity index (χ2n) is 6.04. The van der Waals surface area contributed by atoms with Gasteiger partial charge < -0.3 is 25.8 Å². The molecule has 0 aliphatic carbocycles.